The number of para-hydroxylation sites is 3. The number of methoxy groups -OCH3 is 1. The molecule has 1 aliphatic heterocycles. The number of benzene rings is 2. The molecule has 0 bridgehead atoms. The molecule has 0 radical (unpaired) electrons. The van der Waals surface area contributed by atoms with E-state index in [1.165, 1.54) is 18.5 Å². The highest BCUT2D eigenvalue weighted by molar-refractivity contribution is 14.0. The molecule has 4 rings (SSSR count). The number of anilines is 1. The maximum absolute atomic E-state index is 6.02. The summed E-state index contributed by atoms with van der Waals surface area (Å²) in [7, 11) is 3.55. The number of aliphatic imine (C=N–C) groups is 1. The maximum Gasteiger partial charge on any atom is 0.191 e. The van der Waals surface area contributed by atoms with E-state index >= 15 is 0 Å². The van der Waals surface area contributed by atoms with Gasteiger partial charge in [0.05, 0.1) is 19.4 Å². The van der Waals surface area contributed by atoms with Crippen molar-refractivity contribution in [3.05, 3.63) is 54.1 Å². The molecule has 1 saturated heterocycles. The third-order valence-electron chi connectivity index (χ3n) is 6.08. The second-order valence-electron chi connectivity index (χ2n) is 8.44. The third kappa shape index (κ3) is 6.67. The van der Waals surface area contributed by atoms with Crippen LogP contribution < -0.4 is 25.0 Å². The van der Waals surface area contributed by atoms with Gasteiger partial charge in [-0.3, -0.25) is 4.99 Å². The van der Waals surface area contributed by atoms with Crippen LogP contribution in [0.15, 0.2) is 53.5 Å². The van der Waals surface area contributed by atoms with Crippen LogP contribution in [-0.4, -0.2) is 46.4 Å². The molecule has 1 atom stereocenters. The van der Waals surface area contributed by atoms with Gasteiger partial charge in [-0.2, -0.15) is 0 Å². The first-order chi connectivity index (χ1) is 15.3. The minimum atomic E-state index is 0. The molecule has 2 aliphatic rings. The monoisotopic (exact) mass is 550 g/mol. The fourth-order valence-corrected chi connectivity index (χ4v) is 4.03. The van der Waals surface area contributed by atoms with Crippen molar-refractivity contribution in [3.63, 3.8) is 0 Å². The van der Waals surface area contributed by atoms with Gasteiger partial charge in [0.15, 0.2) is 5.96 Å². The van der Waals surface area contributed by atoms with E-state index in [0.717, 1.165) is 61.6 Å². The smallest absolute Gasteiger partial charge is 0.191 e. The molecule has 1 aliphatic carbocycles. The van der Waals surface area contributed by atoms with E-state index in [2.05, 4.69) is 50.9 Å². The zero-order valence-corrected chi connectivity index (χ0v) is 21.4. The van der Waals surface area contributed by atoms with Crippen LogP contribution >= 0.6 is 24.0 Å². The van der Waals surface area contributed by atoms with Gasteiger partial charge in [0.25, 0.3) is 0 Å². The maximum atomic E-state index is 6.02. The van der Waals surface area contributed by atoms with Crippen LogP contribution in [0, 0.1) is 11.8 Å². The molecule has 174 valence electrons. The number of halogens is 1. The highest BCUT2D eigenvalue weighted by Crippen LogP contribution is 2.32. The predicted molar refractivity (Wildman–Crippen MR) is 142 cm³/mol. The first-order valence-electron chi connectivity index (χ1n) is 11.3. The van der Waals surface area contributed by atoms with E-state index in [-0.39, 0.29) is 24.0 Å². The van der Waals surface area contributed by atoms with Gasteiger partial charge in [-0.25, -0.2) is 0 Å². The van der Waals surface area contributed by atoms with Gasteiger partial charge >= 0.3 is 0 Å². The van der Waals surface area contributed by atoms with E-state index in [1.807, 2.05) is 25.2 Å². The topological polar surface area (TPSA) is 58.1 Å². The first kappa shape index (κ1) is 24.5. The lowest BCUT2D eigenvalue weighted by atomic mass is 10.1. The summed E-state index contributed by atoms with van der Waals surface area (Å²) < 4.78 is 11.6. The minimum Gasteiger partial charge on any atom is -0.495 e. The molecule has 6 nitrogen and oxygen atoms in total. The highest BCUT2D eigenvalue weighted by Gasteiger charge is 2.25. The van der Waals surface area contributed by atoms with Gasteiger partial charge in [0, 0.05) is 38.8 Å². The molecule has 0 amide bonds. The van der Waals surface area contributed by atoms with Crippen molar-refractivity contribution in [1.29, 1.82) is 0 Å². The molecule has 1 unspecified atom stereocenters. The number of nitrogens with zero attached hydrogens (tertiary/aromatic N) is 2. The lowest BCUT2D eigenvalue weighted by Crippen LogP contribution is -2.40. The van der Waals surface area contributed by atoms with Crippen LogP contribution in [0.3, 0.4) is 0 Å². The Hall–Kier alpha value is -2.16. The van der Waals surface area contributed by atoms with E-state index in [9.17, 15) is 0 Å². The number of guanidine groups is 1. The number of ether oxygens (including phenoxy) is 2. The Morgan fingerprint density at radius 2 is 1.75 bits per heavy atom. The molecule has 7 heteroatoms. The van der Waals surface area contributed by atoms with E-state index in [4.69, 9.17) is 9.47 Å². The molecular formula is C25H35IN4O2. The number of nitrogens with one attached hydrogen (secondary N) is 2. The second-order valence-corrected chi connectivity index (χ2v) is 8.44. The molecule has 2 aromatic rings. The van der Waals surface area contributed by atoms with Crippen molar-refractivity contribution in [1.82, 2.24) is 10.6 Å². The highest BCUT2D eigenvalue weighted by atomic mass is 127. The third-order valence-corrected chi connectivity index (χ3v) is 6.08. The Morgan fingerprint density at radius 3 is 2.50 bits per heavy atom. The second kappa shape index (κ2) is 12.2. The number of hydrogen-bond donors (Lipinski definition) is 2. The Kier molecular flexibility index (Phi) is 9.32. The Morgan fingerprint density at radius 1 is 1.00 bits per heavy atom. The SMILES string of the molecule is CN=C(NCc1ccccc1OCC1CC1)NCC1CCN(c2ccccc2OC)C1.I. The van der Waals surface area contributed by atoms with E-state index in [0.29, 0.717) is 12.5 Å². The Labute approximate surface area is 208 Å². The van der Waals surface area contributed by atoms with E-state index < -0.39 is 0 Å². The van der Waals surface area contributed by atoms with Gasteiger partial charge < -0.3 is 25.0 Å². The molecule has 2 aromatic carbocycles. The van der Waals surface area contributed by atoms with Crippen LogP contribution in [-0.2, 0) is 6.54 Å². The molecule has 0 spiro atoms. The number of rotatable bonds is 9. The van der Waals surface area contributed by atoms with Gasteiger partial charge in [-0.1, -0.05) is 30.3 Å². The molecule has 2 fully saturated rings. The lowest BCUT2D eigenvalue weighted by Gasteiger charge is -2.21. The summed E-state index contributed by atoms with van der Waals surface area (Å²) in [6, 6.07) is 16.5. The van der Waals surface area contributed by atoms with Crippen molar-refractivity contribution in [3.8, 4) is 11.5 Å². The summed E-state index contributed by atoms with van der Waals surface area (Å²) in [6.07, 6.45) is 3.75. The summed E-state index contributed by atoms with van der Waals surface area (Å²) in [6.45, 7) is 4.48. The molecular weight excluding hydrogens is 515 g/mol. The largest absolute Gasteiger partial charge is 0.495 e. The number of hydrogen-bond acceptors (Lipinski definition) is 4. The van der Waals surface area contributed by atoms with Crippen LogP contribution in [0.5, 0.6) is 11.5 Å². The zero-order chi connectivity index (χ0) is 21.5. The van der Waals surface area contributed by atoms with Crippen molar-refractivity contribution < 1.29 is 9.47 Å². The summed E-state index contributed by atoms with van der Waals surface area (Å²) in [5, 5.41) is 6.94. The molecule has 32 heavy (non-hydrogen) atoms. The molecule has 1 heterocycles. The summed E-state index contributed by atoms with van der Waals surface area (Å²) >= 11 is 0. The summed E-state index contributed by atoms with van der Waals surface area (Å²) in [5.41, 5.74) is 2.34. The van der Waals surface area contributed by atoms with Crippen molar-refractivity contribution >= 4 is 35.6 Å². The predicted octanol–water partition coefficient (Wildman–Crippen LogP) is 4.29. The van der Waals surface area contributed by atoms with Gasteiger partial charge in [0.1, 0.15) is 11.5 Å². The van der Waals surface area contributed by atoms with Crippen molar-refractivity contribution in [2.45, 2.75) is 25.8 Å². The van der Waals surface area contributed by atoms with Gasteiger partial charge in [-0.15, -0.1) is 24.0 Å². The normalized spacial score (nSPS) is 18.1. The lowest BCUT2D eigenvalue weighted by molar-refractivity contribution is 0.296. The van der Waals surface area contributed by atoms with Crippen LogP contribution in [0.4, 0.5) is 5.69 Å². The standard InChI is InChI=1S/C25H34N4O2.HI/c1-26-25(28-16-21-7-3-5-9-23(21)31-18-19-11-12-19)27-15-20-13-14-29(17-20)22-8-4-6-10-24(22)30-2;/h3-10,19-20H,11-18H2,1-2H3,(H2,26,27,28);1H. The van der Waals surface area contributed by atoms with E-state index in [1.54, 1.807) is 7.11 Å². The summed E-state index contributed by atoms with van der Waals surface area (Å²) in [5.74, 6) is 4.05. The average Bonchev–Trinajstić information content (AvgIpc) is 3.53. The van der Waals surface area contributed by atoms with Crippen LogP contribution in [0.25, 0.3) is 0 Å². The van der Waals surface area contributed by atoms with Gasteiger partial charge in [-0.05, 0) is 49.3 Å². The molecule has 0 aromatic heterocycles. The molecule has 2 N–H and O–H groups in total. The first-order valence-corrected chi connectivity index (χ1v) is 11.3. The summed E-state index contributed by atoms with van der Waals surface area (Å²) in [4.78, 5) is 6.81. The fourth-order valence-electron chi connectivity index (χ4n) is 4.03. The van der Waals surface area contributed by atoms with Gasteiger partial charge in [0.2, 0.25) is 0 Å². The molecule has 1 saturated carbocycles. The minimum absolute atomic E-state index is 0. The Balaban J connectivity index is 0.00000289. The zero-order valence-electron chi connectivity index (χ0n) is 19.0. The van der Waals surface area contributed by atoms with Crippen LogP contribution in [0.1, 0.15) is 24.8 Å². The van der Waals surface area contributed by atoms with Crippen LogP contribution in [0.2, 0.25) is 0 Å². The quantitative estimate of drug-likeness (QED) is 0.277. The fraction of sp³-hybridized carbons (Fsp3) is 0.480. The van der Waals surface area contributed by atoms with Crippen molar-refractivity contribution in [2.75, 3.05) is 45.3 Å². The Bertz CT molecular complexity index is 888. The van der Waals surface area contributed by atoms with Crippen molar-refractivity contribution in [2.24, 2.45) is 16.8 Å². The average molecular weight is 550 g/mol.